The number of nitrogens with zero attached hydrogens (tertiary/aromatic N) is 3. The van der Waals surface area contributed by atoms with Crippen molar-refractivity contribution in [3.8, 4) is 0 Å². The van der Waals surface area contributed by atoms with E-state index in [9.17, 15) is 4.79 Å². The Bertz CT molecular complexity index is 1020. The first-order valence-corrected chi connectivity index (χ1v) is 9.72. The molecule has 146 valence electrons. The summed E-state index contributed by atoms with van der Waals surface area (Å²) >= 11 is 6.12. The fourth-order valence-electron chi connectivity index (χ4n) is 3.87. The summed E-state index contributed by atoms with van der Waals surface area (Å²) in [5.74, 6) is -0.0226. The summed E-state index contributed by atoms with van der Waals surface area (Å²) in [4.78, 5) is 12.6. The lowest BCUT2D eigenvalue weighted by Crippen LogP contribution is -2.36. The average molecular weight is 399 g/mol. The molecule has 1 N–H and O–H groups in total. The van der Waals surface area contributed by atoms with E-state index in [4.69, 9.17) is 16.1 Å². The highest BCUT2D eigenvalue weighted by molar-refractivity contribution is 6.30. The second-order valence-electron chi connectivity index (χ2n) is 8.24. The zero-order valence-electron chi connectivity index (χ0n) is 16.2. The Hall–Kier alpha value is -2.60. The summed E-state index contributed by atoms with van der Waals surface area (Å²) < 4.78 is 7.12. The van der Waals surface area contributed by atoms with Crippen molar-refractivity contribution >= 4 is 17.5 Å². The highest BCUT2D eigenvalue weighted by atomic mass is 35.5. The normalized spacial score (nSPS) is 17.9. The van der Waals surface area contributed by atoms with Gasteiger partial charge in [0.05, 0.1) is 24.5 Å². The number of hydrogen-bond acceptors (Lipinski definition) is 4. The molecule has 1 aliphatic carbocycles. The molecule has 3 aromatic rings. The van der Waals surface area contributed by atoms with Crippen LogP contribution in [0.3, 0.4) is 0 Å². The number of nitrogens with one attached hydrogen (secondary N) is 1. The van der Waals surface area contributed by atoms with Crippen LogP contribution in [-0.4, -0.2) is 20.8 Å². The van der Waals surface area contributed by atoms with E-state index in [1.165, 1.54) is 0 Å². The molecule has 2 heterocycles. The molecule has 0 aliphatic heterocycles. The molecule has 1 atom stereocenters. The van der Waals surface area contributed by atoms with E-state index < -0.39 is 0 Å². The minimum atomic E-state index is -0.253. The molecule has 0 spiro atoms. The van der Waals surface area contributed by atoms with Crippen LogP contribution in [0, 0.1) is 12.3 Å². The Morgan fingerprint density at radius 3 is 2.93 bits per heavy atom. The molecule has 4 rings (SSSR count). The third-order valence-electron chi connectivity index (χ3n) is 5.14. The summed E-state index contributed by atoms with van der Waals surface area (Å²) in [5, 5.41) is 12.2. The SMILES string of the molecule is Cc1cc(C(=O)NC2CC(C)(C)Cc3c2cnn3Cc2cccc(Cl)c2)on1. The van der Waals surface area contributed by atoms with E-state index in [1.54, 1.807) is 13.0 Å². The number of hydrogen-bond donors (Lipinski definition) is 1. The number of benzene rings is 1. The zero-order chi connectivity index (χ0) is 19.9. The van der Waals surface area contributed by atoms with Crippen LogP contribution in [0.15, 0.2) is 41.1 Å². The molecule has 0 fully saturated rings. The number of aromatic nitrogens is 3. The van der Waals surface area contributed by atoms with Gasteiger partial charge in [-0.2, -0.15) is 5.10 Å². The van der Waals surface area contributed by atoms with Crippen LogP contribution in [0.5, 0.6) is 0 Å². The van der Waals surface area contributed by atoms with Gasteiger partial charge < -0.3 is 9.84 Å². The van der Waals surface area contributed by atoms with Gasteiger partial charge in [0.25, 0.3) is 5.91 Å². The van der Waals surface area contributed by atoms with Gasteiger partial charge in [-0.3, -0.25) is 9.48 Å². The molecular weight excluding hydrogens is 376 g/mol. The number of carbonyl (C=O) groups excluding carboxylic acids is 1. The zero-order valence-corrected chi connectivity index (χ0v) is 17.0. The van der Waals surface area contributed by atoms with E-state index in [1.807, 2.05) is 35.1 Å². The summed E-state index contributed by atoms with van der Waals surface area (Å²) in [6.45, 7) is 6.87. The quantitative estimate of drug-likeness (QED) is 0.710. The van der Waals surface area contributed by atoms with Crippen LogP contribution in [0.2, 0.25) is 5.02 Å². The summed E-state index contributed by atoms with van der Waals surface area (Å²) in [6, 6.07) is 9.33. The van der Waals surface area contributed by atoms with Crippen molar-refractivity contribution in [2.75, 3.05) is 0 Å². The maximum absolute atomic E-state index is 12.6. The molecule has 1 amide bonds. The molecule has 7 heteroatoms. The van der Waals surface area contributed by atoms with Crippen molar-refractivity contribution in [1.29, 1.82) is 0 Å². The fourth-order valence-corrected chi connectivity index (χ4v) is 4.08. The first kappa shape index (κ1) is 18.7. The van der Waals surface area contributed by atoms with E-state index in [2.05, 4.69) is 29.4 Å². The Labute approximate surface area is 168 Å². The largest absolute Gasteiger partial charge is 0.351 e. The van der Waals surface area contributed by atoms with E-state index in [0.29, 0.717) is 17.3 Å². The van der Waals surface area contributed by atoms with Gasteiger partial charge in [0.2, 0.25) is 5.76 Å². The molecule has 1 aliphatic rings. The number of amides is 1. The van der Waals surface area contributed by atoms with Crippen molar-refractivity contribution in [3.63, 3.8) is 0 Å². The molecule has 0 bridgehead atoms. The molecule has 1 aromatic carbocycles. The van der Waals surface area contributed by atoms with Crippen LogP contribution in [0.1, 0.15) is 59.4 Å². The van der Waals surface area contributed by atoms with Gasteiger partial charge in [-0.05, 0) is 42.9 Å². The van der Waals surface area contributed by atoms with E-state index >= 15 is 0 Å². The minimum absolute atomic E-state index is 0.0361. The molecule has 0 saturated heterocycles. The third kappa shape index (κ3) is 3.83. The van der Waals surface area contributed by atoms with Crippen molar-refractivity contribution in [3.05, 3.63) is 69.8 Å². The topological polar surface area (TPSA) is 73.0 Å². The third-order valence-corrected chi connectivity index (χ3v) is 5.37. The molecule has 28 heavy (non-hydrogen) atoms. The predicted octanol–water partition coefficient (Wildman–Crippen LogP) is 4.32. The van der Waals surface area contributed by atoms with Crippen LogP contribution in [0.4, 0.5) is 0 Å². The van der Waals surface area contributed by atoms with Gasteiger partial charge in [-0.15, -0.1) is 0 Å². The van der Waals surface area contributed by atoms with E-state index in [0.717, 1.165) is 29.7 Å². The van der Waals surface area contributed by atoms with Crippen LogP contribution < -0.4 is 5.32 Å². The lowest BCUT2D eigenvalue weighted by Gasteiger charge is -2.35. The number of halogens is 1. The Morgan fingerprint density at radius 1 is 1.39 bits per heavy atom. The predicted molar refractivity (Wildman–Crippen MR) is 106 cm³/mol. The van der Waals surface area contributed by atoms with Gasteiger partial charge in [-0.1, -0.05) is 42.7 Å². The van der Waals surface area contributed by atoms with Crippen molar-refractivity contribution in [2.24, 2.45) is 5.41 Å². The lowest BCUT2D eigenvalue weighted by atomic mass is 9.74. The maximum Gasteiger partial charge on any atom is 0.290 e. The lowest BCUT2D eigenvalue weighted by molar-refractivity contribution is 0.0881. The van der Waals surface area contributed by atoms with Gasteiger partial charge >= 0.3 is 0 Å². The molecule has 0 radical (unpaired) electrons. The van der Waals surface area contributed by atoms with Crippen molar-refractivity contribution in [2.45, 2.75) is 46.2 Å². The van der Waals surface area contributed by atoms with Gasteiger partial charge in [-0.25, -0.2) is 0 Å². The van der Waals surface area contributed by atoms with Gasteiger partial charge in [0.15, 0.2) is 0 Å². The Morgan fingerprint density at radius 2 is 2.21 bits per heavy atom. The monoisotopic (exact) mass is 398 g/mol. The number of fused-ring (bicyclic) bond motifs is 1. The fraction of sp³-hybridized carbons (Fsp3) is 0.381. The maximum atomic E-state index is 12.6. The standard InChI is InChI=1S/C21H23ClN4O2/c1-13-7-19(28-25-13)20(27)24-17-9-21(2,3)10-18-16(17)11-23-26(18)12-14-5-4-6-15(22)8-14/h4-8,11,17H,9-10,12H2,1-3H3,(H,24,27). The average Bonchev–Trinajstić information content (AvgIpc) is 3.21. The summed E-state index contributed by atoms with van der Waals surface area (Å²) in [5.41, 5.74) is 4.03. The Balaban J connectivity index is 1.61. The highest BCUT2D eigenvalue weighted by Gasteiger charge is 2.36. The van der Waals surface area contributed by atoms with Crippen LogP contribution >= 0.6 is 11.6 Å². The van der Waals surface area contributed by atoms with Gasteiger partial charge in [0.1, 0.15) is 0 Å². The molecule has 6 nitrogen and oxygen atoms in total. The molecule has 1 unspecified atom stereocenters. The summed E-state index contributed by atoms with van der Waals surface area (Å²) in [7, 11) is 0. The molecule has 2 aromatic heterocycles. The van der Waals surface area contributed by atoms with Gasteiger partial charge in [0, 0.05) is 22.3 Å². The second kappa shape index (κ2) is 7.09. The highest BCUT2D eigenvalue weighted by Crippen LogP contribution is 2.41. The first-order chi connectivity index (χ1) is 13.3. The smallest absolute Gasteiger partial charge is 0.290 e. The van der Waals surface area contributed by atoms with Crippen LogP contribution in [0.25, 0.3) is 0 Å². The first-order valence-electron chi connectivity index (χ1n) is 9.34. The second-order valence-corrected chi connectivity index (χ2v) is 8.67. The number of aryl methyl sites for hydroxylation is 1. The van der Waals surface area contributed by atoms with Crippen molar-refractivity contribution < 1.29 is 9.32 Å². The molecular formula is C21H23ClN4O2. The Kier molecular flexibility index (Phi) is 4.75. The van der Waals surface area contributed by atoms with Crippen molar-refractivity contribution in [1.82, 2.24) is 20.3 Å². The van der Waals surface area contributed by atoms with E-state index in [-0.39, 0.29) is 23.1 Å². The number of rotatable bonds is 4. The number of carbonyl (C=O) groups is 1. The van der Waals surface area contributed by atoms with Crippen LogP contribution in [-0.2, 0) is 13.0 Å². The summed E-state index contributed by atoms with van der Waals surface area (Å²) in [6.07, 6.45) is 3.60. The minimum Gasteiger partial charge on any atom is -0.351 e. The molecule has 0 saturated carbocycles.